The average Bonchev–Trinajstić information content (AvgIpc) is 3.26. The molecule has 0 aliphatic carbocycles. The van der Waals surface area contributed by atoms with Crippen LogP contribution in [0.3, 0.4) is 0 Å². The van der Waals surface area contributed by atoms with E-state index in [1.165, 1.54) is 31.2 Å². The highest BCUT2D eigenvalue weighted by Crippen LogP contribution is 2.27. The molecule has 0 spiro atoms. The van der Waals surface area contributed by atoms with E-state index in [0.717, 1.165) is 4.31 Å². The van der Waals surface area contributed by atoms with E-state index in [0.29, 0.717) is 24.2 Å². The summed E-state index contributed by atoms with van der Waals surface area (Å²) in [6.07, 6.45) is 0.786. The van der Waals surface area contributed by atoms with Crippen LogP contribution in [0.15, 0.2) is 59.5 Å². The first-order chi connectivity index (χ1) is 15.2. The van der Waals surface area contributed by atoms with Crippen LogP contribution in [0.25, 0.3) is 0 Å². The van der Waals surface area contributed by atoms with Gasteiger partial charge in [-0.05, 0) is 56.2 Å². The molecule has 2 atom stereocenters. The Morgan fingerprint density at radius 1 is 1.00 bits per heavy atom. The van der Waals surface area contributed by atoms with Crippen molar-refractivity contribution in [2.24, 2.45) is 0 Å². The molecule has 0 aromatic heterocycles. The molecule has 1 aliphatic heterocycles. The number of carboxylic acids is 1. The molecular formula is C21H24N4O6S. The summed E-state index contributed by atoms with van der Waals surface area (Å²) >= 11 is 0. The minimum Gasteiger partial charge on any atom is -0.480 e. The number of carboxylic acid groups (broad SMARTS) is 1. The Morgan fingerprint density at radius 3 is 2.19 bits per heavy atom. The van der Waals surface area contributed by atoms with Crippen LogP contribution in [0.1, 0.15) is 19.8 Å². The van der Waals surface area contributed by atoms with Gasteiger partial charge in [0.1, 0.15) is 12.1 Å². The fraction of sp³-hybridized carbons (Fsp3) is 0.286. The van der Waals surface area contributed by atoms with Crippen LogP contribution in [0, 0.1) is 0 Å². The van der Waals surface area contributed by atoms with Gasteiger partial charge >= 0.3 is 12.0 Å². The molecule has 2 aromatic rings. The second-order valence-electron chi connectivity index (χ2n) is 7.31. The molecule has 1 aliphatic rings. The third-order valence-corrected chi connectivity index (χ3v) is 6.91. The molecule has 0 saturated carbocycles. The van der Waals surface area contributed by atoms with E-state index >= 15 is 0 Å². The standard InChI is InChI=1S/C21H24N4O6S/c1-14(20(27)28)22-19(26)18-8-5-13-25(18)32(30,31)17-11-9-16(10-12-17)24-21(29)23-15-6-3-2-4-7-15/h2-4,6-7,9-12,14,18H,5,8,13H2,1H3,(H,22,26)(H,27,28)(H2,23,24,29). The molecule has 1 fully saturated rings. The van der Waals surface area contributed by atoms with Crippen molar-refractivity contribution in [1.29, 1.82) is 0 Å². The summed E-state index contributed by atoms with van der Waals surface area (Å²) < 4.78 is 27.2. The van der Waals surface area contributed by atoms with Crippen molar-refractivity contribution in [2.75, 3.05) is 17.2 Å². The molecule has 11 heteroatoms. The summed E-state index contributed by atoms with van der Waals surface area (Å²) in [6, 6.07) is 11.9. The molecule has 0 bridgehead atoms. The Labute approximate surface area is 185 Å². The maximum Gasteiger partial charge on any atom is 0.325 e. The van der Waals surface area contributed by atoms with Crippen molar-refractivity contribution in [3.63, 3.8) is 0 Å². The molecule has 3 amide bonds. The molecule has 2 aromatic carbocycles. The van der Waals surface area contributed by atoms with Crippen LogP contribution in [0.5, 0.6) is 0 Å². The summed E-state index contributed by atoms with van der Waals surface area (Å²) in [5.41, 5.74) is 1.00. The topological polar surface area (TPSA) is 145 Å². The minimum atomic E-state index is -3.99. The predicted molar refractivity (Wildman–Crippen MR) is 118 cm³/mol. The van der Waals surface area contributed by atoms with Gasteiger partial charge in [-0.1, -0.05) is 18.2 Å². The van der Waals surface area contributed by atoms with Gasteiger partial charge in [-0.25, -0.2) is 13.2 Å². The lowest BCUT2D eigenvalue weighted by molar-refractivity contribution is -0.141. The Morgan fingerprint density at radius 2 is 1.59 bits per heavy atom. The van der Waals surface area contributed by atoms with E-state index in [9.17, 15) is 22.8 Å². The van der Waals surface area contributed by atoms with Gasteiger partial charge in [0, 0.05) is 17.9 Å². The monoisotopic (exact) mass is 460 g/mol. The van der Waals surface area contributed by atoms with Crippen molar-refractivity contribution in [1.82, 2.24) is 9.62 Å². The highest BCUT2D eigenvalue weighted by molar-refractivity contribution is 7.89. The van der Waals surface area contributed by atoms with Crippen LogP contribution >= 0.6 is 0 Å². The molecule has 170 valence electrons. The lowest BCUT2D eigenvalue weighted by atomic mass is 10.2. The number of carbonyl (C=O) groups excluding carboxylic acids is 2. The zero-order valence-corrected chi connectivity index (χ0v) is 18.1. The highest BCUT2D eigenvalue weighted by Gasteiger charge is 2.40. The number of urea groups is 1. The molecule has 32 heavy (non-hydrogen) atoms. The normalized spacial score (nSPS) is 17.3. The van der Waals surface area contributed by atoms with Gasteiger partial charge in [0.2, 0.25) is 15.9 Å². The lowest BCUT2D eigenvalue weighted by Gasteiger charge is -2.24. The quantitative estimate of drug-likeness (QED) is 0.498. The Bertz CT molecular complexity index is 1090. The zero-order valence-electron chi connectivity index (χ0n) is 17.3. The van der Waals surface area contributed by atoms with Crippen molar-refractivity contribution in [3.05, 3.63) is 54.6 Å². The van der Waals surface area contributed by atoms with E-state index in [-0.39, 0.29) is 11.4 Å². The fourth-order valence-electron chi connectivity index (χ4n) is 3.32. The summed E-state index contributed by atoms with van der Waals surface area (Å²) in [6.45, 7) is 1.47. The van der Waals surface area contributed by atoms with Crippen LogP contribution in [-0.4, -0.2) is 54.4 Å². The zero-order chi connectivity index (χ0) is 23.3. The van der Waals surface area contributed by atoms with Gasteiger partial charge in [-0.2, -0.15) is 4.31 Å². The first-order valence-electron chi connectivity index (χ1n) is 9.96. The van der Waals surface area contributed by atoms with Gasteiger partial charge < -0.3 is 21.1 Å². The number of benzene rings is 2. The molecule has 3 rings (SSSR count). The van der Waals surface area contributed by atoms with Crippen molar-refractivity contribution >= 4 is 39.3 Å². The molecule has 2 unspecified atom stereocenters. The van der Waals surface area contributed by atoms with Gasteiger partial charge in [0.05, 0.1) is 4.90 Å². The van der Waals surface area contributed by atoms with Crippen LogP contribution < -0.4 is 16.0 Å². The average molecular weight is 461 g/mol. The molecule has 0 radical (unpaired) electrons. The summed E-state index contributed by atoms with van der Waals surface area (Å²) in [4.78, 5) is 35.5. The lowest BCUT2D eigenvalue weighted by Crippen LogP contribution is -2.49. The number of hydrogen-bond donors (Lipinski definition) is 4. The van der Waals surface area contributed by atoms with E-state index in [2.05, 4.69) is 16.0 Å². The summed E-state index contributed by atoms with van der Waals surface area (Å²) in [7, 11) is -3.99. The van der Waals surface area contributed by atoms with E-state index < -0.39 is 40.0 Å². The molecule has 10 nitrogen and oxygen atoms in total. The van der Waals surface area contributed by atoms with Crippen molar-refractivity contribution in [3.8, 4) is 0 Å². The number of anilines is 2. The minimum absolute atomic E-state index is 0.0301. The SMILES string of the molecule is CC(NC(=O)C1CCCN1S(=O)(=O)c1ccc(NC(=O)Nc2ccccc2)cc1)C(=O)O. The maximum absolute atomic E-state index is 13.1. The van der Waals surface area contributed by atoms with Crippen LogP contribution in [0.4, 0.5) is 16.2 Å². The number of amides is 3. The third-order valence-electron chi connectivity index (χ3n) is 4.99. The predicted octanol–water partition coefficient (Wildman–Crippen LogP) is 2.07. The first kappa shape index (κ1) is 23.2. The number of nitrogens with one attached hydrogen (secondary N) is 3. The number of nitrogens with zero attached hydrogens (tertiary/aromatic N) is 1. The number of carbonyl (C=O) groups is 3. The molecule has 1 saturated heterocycles. The van der Waals surface area contributed by atoms with Gasteiger partial charge in [-0.3, -0.25) is 9.59 Å². The molecule has 1 heterocycles. The highest BCUT2D eigenvalue weighted by atomic mass is 32.2. The summed E-state index contributed by atoms with van der Waals surface area (Å²) in [5.74, 6) is -1.85. The van der Waals surface area contributed by atoms with E-state index in [4.69, 9.17) is 5.11 Å². The first-order valence-corrected chi connectivity index (χ1v) is 11.4. The number of sulfonamides is 1. The Hall–Kier alpha value is -3.44. The number of rotatable bonds is 7. The van der Waals surface area contributed by atoms with Crippen LogP contribution in [-0.2, 0) is 19.6 Å². The number of para-hydroxylation sites is 1. The number of aliphatic carboxylic acids is 1. The van der Waals surface area contributed by atoms with Crippen molar-refractivity contribution in [2.45, 2.75) is 36.7 Å². The smallest absolute Gasteiger partial charge is 0.325 e. The van der Waals surface area contributed by atoms with Gasteiger partial charge in [0.25, 0.3) is 0 Å². The second kappa shape index (κ2) is 9.79. The van der Waals surface area contributed by atoms with E-state index in [1.54, 1.807) is 24.3 Å². The fourth-order valence-corrected chi connectivity index (χ4v) is 4.98. The summed E-state index contributed by atoms with van der Waals surface area (Å²) in [5, 5.41) is 16.6. The maximum atomic E-state index is 13.1. The van der Waals surface area contributed by atoms with Gasteiger partial charge in [0.15, 0.2) is 0 Å². The Balaban J connectivity index is 1.68. The Kier molecular flexibility index (Phi) is 7.11. The van der Waals surface area contributed by atoms with Crippen LogP contribution in [0.2, 0.25) is 0 Å². The molecule has 4 N–H and O–H groups in total. The van der Waals surface area contributed by atoms with Gasteiger partial charge in [-0.15, -0.1) is 0 Å². The largest absolute Gasteiger partial charge is 0.480 e. The second-order valence-corrected chi connectivity index (χ2v) is 9.20. The van der Waals surface area contributed by atoms with E-state index in [1.807, 2.05) is 6.07 Å². The molecular weight excluding hydrogens is 436 g/mol. The number of hydrogen-bond acceptors (Lipinski definition) is 5. The van der Waals surface area contributed by atoms with Crippen molar-refractivity contribution < 1.29 is 27.9 Å². The third kappa shape index (κ3) is 5.42.